The van der Waals surface area contributed by atoms with Gasteiger partial charge in [-0.05, 0) is 43.2 Å². The van der Waals surface area contributed by atoms with Gasteiger partial charge in [-0.3, -0.25) is 4.79 Å². The molecule has 2 aromatic rings. The van der Waals surface area contributed by atoms with Crippen molar-refractivity contribution in [2.75, 3.05) is 13.7 Å². The van der Waals surface area contributed by atoms with E-state index in [0.29, 0.717) is 24.5 Å². The molecule has 2 aromatic carbocycles. The summed E-state index contributed by atoms with van der Waals surface area (Å²) in [5.41, 5.74) is 1.44. The van der Waals surface area contributed by atoms with Crippen molar-refractivity contribution >= 4 is 18.0 Å². The Morgan fingerprint density at radius 3 is 2.38 bits per heavy atom. The number of amides is 1. The number of esters is 1. The standard InChI is InChI=1S/C23H24N2O4/c1-4-28-21-12-10-18(11-13-21)14-20(15-24)23(27)29-17(2)22(26)25(3)16-19-8-6-5-7-9-19/h5-14,17H,4,16H2,1-3H3/b20-14+/t17-/m1/s1. The van der Waals surface area contributed by atoms with Crippen LogP contribution in [0.15, 0.2) is 60.2 Å². The second-order valence-electron chi connectivity index (χ2n) is 6.40. The molecule has 1 atom stereocenters. The Hall–Kier alpha value is -3.59. The molecule has 0 unspecified atom stereocenters. The van der Waals surface area contributed by atoms with Gasteiger partial charge in [-0.15, -0.1) is 0 Å². The molecule has 29 heavy (non-hydrogen) atoms. The normalized spacial score (nSPS) is 11.9. The third kappa shape index (κ3) is 6.51. The van der Waals surface area contributed by atoms with E-state index in [1.807, 2.05) is 43.3 Å². The maximum Gasteiger partial charge on any atom is 0.349 e. The van der Waals surface area contributed by atoms with Crippen LogP contribution in [0.25, 0.3) is 6.08 Å². The molecule has 0 spiro atoms. The van der Waals surface area contributed by atoms with Gasteiger partial charge in [0.25, 0.3) is 5.91 Å². The smallest absolute Gasteiger partial charge is 0.349 e. The number of benzene rings is 2. The summed E-state index contributed by atoms with van der Waals surface area (Å²) in [6.45, 7) is 4.33. The van der Waals surface area contributed by atoms with E-state index < -0.39 is 12.1 Å². The van der Waals surface area contributed by atoms with Gasteiger partial charge in [-0.1, -0.05) is 42.5 Å². The van der Waals surface area contributed by atoms with Crippen LogP contribution in [0.5, 0.6) is 5.75 Å². The number of likely N-dealkylation sites (N-methyl/N-ethyl adjacent to an activating group) is 1. The lowest BCUT2D eigenvalue weighted by Gasteiger charge is -2.21. The highest BCUT2D eigenvalue weighted by molar-refractivity contribution is 5.99. The summed E-state index contributed by atoms with van der Waals surface area (Å²) in [6, 6.07) is 18.3. The summed E-state index contributed by atoms with van der Waals surface area (Å²) < 4.78 is 10.6. The lowest BCUT2D eigenvalue weighted by atomic mass is 10.1. The SMILES string of the molecule is CCOc1ccc(/C=C(\C#N)C(=O)O[C@H](C)C(=O)N(C)Cc2ccccc2)cc1. The molecule has 0 saturated carbocycles. The first kappa shape index (κ1) is 21.7. The van der Waals surface area contributed by atoms with E-state index in [9.17, 15) is 14.9 Å². The van der Waals surface area contributed by atoms with E-state index >= 15 is 0 Å². The summed E-state index contributed by atoms with van der Waals surface area (Å²) in [4.78, 5) is 26.3. The third-order valence-electron chi connectivity index (χ3n) is 4.11. The molecule has 0 aliphatic carbocycles. The maximum atomic E-state index is 12.5. The van der Waals surface area contributed by atoms with Gasteiger partial charge in [0, 0.05) is 13.6 Å². The molecular weight excluding hydrogens is 368 g/mol. The van der Waals surface area contributed by atoms with Crippen molar-refractivity contribution in [2.24, 2.45) is 0 Å². The number of carbonyl (C=O) groups is 2. The minimum atomic E-state index is -1.01. The summed E-state index contributed by atoms with van der Waals surface area (Å²) in [6.07, 6.45) is 0.413. The molecule has 6 nitrogen and oxygen atoms in total. The summed E-state index contributed by atoms with van der Waals surface area (Å²) in [5, 5.41) is 9.31. The minimum Gasteiger partial charge on any atom is -0.494 e. The van der Waals surface area contributed by atoms with E-state index in [1.54, 1.807) is 31.3 Å². The molecule has 0 fully saturated rings. The van der Waals surface area contributed by atoms with E-state index in [4.69, 9.17) is 9.47 Å². The Labute approximate surface area is 171 Å². The number of nitrogens with zero attached hydrogens (tertiary/aromatic N) is 2. The first-order valence-corrected chi connectivity index (χ1v) is 9.29. The summed E-state index contributed by atoms with van der Waals surface area (Å²) in [5.74, 6) is -0.484. The average molecular weight is 392 g/mol. The molecule has 0 saturated heterocycles. The number of nitriles is 1. The number of ether oxygens (including phenoxy) is 2. The van der Waals surface area contributed by atoms with Gasteiger partial charge >= 0.3 is 5.97 Å². The van der Waals surface area contributed by atoms with Crippen molar-refractivity contribution < 1.29 is 19.1 Å². The van der Waals surface area contributed by atoms with Crippen molar-refractivity contribution in [3.63, 3.8) is 0 Å². The number of rotatable bonds is 8. The van der Waals surface area contributed by atoms with E-state index in [-0.39, 0.29) is 11.5 Å². The predicted molar refractivity (Wildman–Crippen MR) is 110 cm³/mol. The first-order chi connectivity index (χ1) is 13.9. The Balaban J connectivity index is 2.00. The number of hydrogen-bond donors (Lipinski definition) is 0. The molecule has 1 amide bonds. The zero-order chi connectivity index (χ0) is 21.2. The van der Waals surface area contributed by atoms with Gasteiger partial charge in [0.15, 0.2) is 6.10 Å². The van der Waals surface area contributed by atoms with Gasteiger partial charge in [0.2, 0.25) is 0 Å². The Morgan fingerprint density at radius 1 is 1.14 bits per heavy atom. The van der Waals surface area contributed by atoms with Gasteiger partial charge in [-0.25, -0.2) is 4.79 Å². The zero-order valence-corrected chi connectivity index (χ0v) is 16.8. The van der Waals surface area contributed by atoms with Crippen molar-refractivity contribution in [3.8, 4) is 11.8 Å². The monoisotopic (exact) mass is 392 g/mol. The molecular formula is C23H24N2O4. The molecule has 150 valence electrons. The van der Waals surface area contributed by atoms with Gasteiger partial charge in [0.1, 0.15) is 17.4 Å². The van der Waals surface area contributed by atoms with Crippen LogP contribution in [-0.2, 0) is 20.9 Å². The number of carbonyl (C=O) groups excluding carboxylic acids is 2. The topological polar surface area (TPSA) is 79.6 Å². The summed E-state index contributed by atoms with van der Waals surface area (Å²) in [7, 11) is 1.64. The molecule has 0 aromatic heterocycles. The highest BCUT2D eigenvalue weighted by atomic mass is 16.5. The second-order valence-corrected chi connectivity index (χ2v) is 6.40. The highest BCUT2D eigenvalue weighted by Gasteiger charge is 2.23. The third-order valence-corrected chi connectivity index (χ3v) is 4.11. The van der Waals surface area contributed by atoms with Crippen molar-refractivity contribution in [1.82, 2.24) is 4.90 Å². The molecule has 0 bridgehead atoms. The van der Waals surface area contributed by atoms with Crippen LogP contribution >= 0.6 is 0 Å². The molecule has 2 rings (SSSR count). The molecule has 6 heteroatoms. The quantitative estimate of drug-likeness (QED) is 0.390. The van der Waals surface area contributed by atoms with Crippen LogP contribution in [0.1, 0.15) is 25.0 Å². The fourth-order valence-electron chi connectivity index (χ4n) is 2.65. The highest BCUT2D eigenvalue weighted by Crippen LogP contribution is 2.15. The molecule has 0 aliphatic rings. The van der Waals surface area contributed by atoms with E-state index in [1.165, 1.54) is 17.9 Å². The zero-order valence-electron chi connectivity index (χ0n) is 16.8. The lowest BCUT2D eigenvalue weighted by molar-refractivity contribution is -0.155. The van der Waals surface area contributed by atoms with Crippen LogP contribution < -0.4 is 4.74 Å². The fourth-order valence-corrected chi connectivity index (χ4v) is 2.65. The molecule has 0 heterocycles. The van der Waals surface area contributed by atoms with Gasteiger partial charge in [-0.2, -0.15) is 5.26 Å². The average Bonchev–Trinajstić information content (AvgIpc) is 2.73. The van der Waals surface area contributed by atoms with Gasteiger partial charge in [0.05, 0.1) is 6.61 Å². The van der Waals surface area contributed by atoms with Gasteiger partial charge < -0.3 is 14.4 Å². The predicted octanol–water partition coefficient (Wildman–Crippen LogP) is 3.58. The number of hydrogen-bond acceptors (Lipinski definition) is 5. The largest absolute Gasteiger partial charge is 0.494 e. The van der Waals surface area contributed by atoms with Crippen LogP contribution in [0.3, 0.4) is 0 Å². The molecule has 0 aliphatic heterocycles. The second kappa shape index (κ2) is 10.7. The van der Waals surface area contributed by atoms with Crippen LogP contribution in [0.4, 0.5) is 0 Å². The van der Waals surface area contributed by atoms with Crippen molar-refractivity contribution in [3.05, 3.63) is 71.3 Å². The van der Waals surface area contributed by atoms with Crippen LogP contribution in [0, 0.1) is 11.3 Å². The van der Waals surface area contributed by atoms with E-state index in [2.05, 4.69) is 0 Å². The minimum absolute atomic E-state index is 0.181. The summed E-state index contributed by atoms with van der Waals surface area (Å²) >= 11 is 0. The molecule has 0 N–H and O–H groups in total. The molecule has 0 radical (unpaired) electrons. The Bertz CT molecular complexity index is 899. The fraction of sp³-hybridized carbons (Fsp3) is 0.261. The van der Waals surface area contributed by atoms with Crippen molar-refractivity contribution in [1.29, 1.82) is 5.26 Å². The van der Waals surface area contributed by atoms with E-state index in [0.717, 1.165) is 5.56 Å². The maximum absolute atomic E-state index is 12.5. The lowest BCUT2D eigenvalue weighted by Crippen LogP contribution is -2.37. The Kier molecular flexibility index (Phi) is 7.99. The van der Waals surface area contributed by atoms with Crippen LogP contribution in [0.2, 0.25) is 0 Å². The Morgan fingerprint density at radius 2 is 1.79 bits per heavy atom. The van der Waals surface area contributed by atoms with Crippen molar-refractivity contribution in [2.45, 2.75) is 26.5 Å². The van der Waals surface area contributed by atoms with Crippen LogP contribution in [-0.4, -0.2) is 36.5 Å². The first-order valence-electron chi connectivity index (χ1n) is 9.29.